The van der Waals surface area contributed by atoms with E-state index in [1.807, 2.05) is 37.3 Å². The lowest BCUT2D eigenvalue weighted by atomic mass is 10.1. The Kier molecular flexibility index (Phi) is 11.8. The van der Waals surface area contributed by atoms with Crippen molar-refractivity contribution in [2.24, 2.45) is 10.2 Å². The van der Waals surface area contributed by atoms with Crippen LogP contribution in [0.4, 0.5) is 40.3 Å². The number of nitrogens with one attached hydrogen (secondary N) is 2. The molecule has 5 aromatic rings. The van der Waals surface area contributed by atoms with Gasteiger partial charge in [0.1, 0.15) is 15.4 Å². The third-order valence-corrected chi connectivity index (χ3v) is 11.4. The molecular formula is C31H27Br2ClN8O8S2. The molecule has 0 radical (unpaired) electrons. The number of para-hydroxylation sites is 1. The first-order chi connectivity index (χ1) is 24.5. The lowest BCUT2D eigenvalue weighted by Gasteiger charge is -2.21. The van der Waals surface area contributed by atoms with Gasteiger partial charge in [-0.2, -0.15) is 36.9 Å². The number of hydrogen-bond acceptors (Lipinski definition) is 13. The van der Waals surface area contributed by atoms with Crippen molar-refractivity contribution >= 4 is 121 Å². The molecule has 1 heterocycles. The summed E-state index contributed by atoms with van der Waals surface area (Å²) >= 11 is 12.7. The molecule has 1 aromatic heterocycles. The number of rotatable bonds is 12. The van der Waals surface area contributed by atoms with Gasteiger partial charge in [0, 0.05) is 28.6 Å². The smallest absolute Gasteiger partial charge is 0.296 e. The molecule has 16 nitrogen and oxygen atoms in total. The number of benzene rings is 4. The maximum atomic E-state index is 12.6. The van der Waals surface area contributed by atoms with Gasteiger partial charge in [0.2, 0.25) is 23.1 Å². The average molecular weight is 899 g/mol. The topological polar surface area (TPSA) is 237 Å². The van der Waals surface area contributed by atoms with Crippen LogP contribution in [-0.2, 0) is 25.0 Å². The summed E-state index contributed by atoms with van der Waals surface area (Å²) in [6.07, 6.45) is 0. The van der Waals surface area contributed by atoms with Gasteiger partial charge in [0.05, 0.1) is 16.3 Å². The van der Waals surface area contributed by atoms with Crippen LogP contribution >= 0.6 is 43.5 Å². The van der Waals surface area contributed by atoms with E-state index < -0.39 is 46.3 Å². The molecule has 5 rings (SSSR count). The second kappa shape index (κ2) is 15.7. The second-order valence-electron chi connectivity index (χ2n) is 10.8. The summed E-state index contributed by atoms with van der Waals surface area (Å²) in [5.74, 6) is -1.34. The van der Waals surface area contributed by atoms with Gasteiger partial charge in [0.25, 0.3) is 20.2 Å². The number of phenolic OH excluding ortho intramolecular Hbond substituents is 1. The summed E-state index contributed by atoms with van der Waals surface area (Å²) in [6, 6.07) is 16.4. The van der Waals surface area contributed by atoms with Crippen molar-refractivity contribution in [3.63, 3.8) is 0 Å². The first-order valence-electron chi connectivity index (χ1n) is 14.8. The van der Waals surface area contributed by atoms with Crippen LogP contribution in [0.5, 0.6) is 5.75 Å². The van der Waals surface area contributed by atoms with Gasteiger partial charge in [-0.15, -0.1) is 5.11 Å². The molecule has 0 aliphatic rings. The average Bonchev–Trinajstić information content (AvgIpc) is 3.08. The number of aromatic hydroxyl groups is 1. The molecule has 52 heavy (non-hydrogen) atoms. The quantitative estimate of drug-likeness (QED) is 0.0461. The Morgan fingerprint density at radius 3 is 2.33 bits per heavy atom. The molecule has 0 aliphatic carbocycles. The predicted octanol–water partition coefficient (Wildman–Crippen LogP) is 7.60. The highest BCUT2D eigenvalue weighted by molar-refractivity contribution is 9.12. The van der Waals surface area contributed by atoms with E-state index in [1.54, 1.807) is 24.0 Å². The number of azo groups is 1. The highest BCUT2D eigenvalue weighted by Crippen LogP contribution is 2.46. The van der Waals surface area contributed by atoms with Gasteiger partial charge >= 0.3 is 0 Å². The van der Waals surface area contributed by atoms with Gasteiger partial charge in [-0.05, 0) is 78.9 Å². The number of carbonyl (C=O) groups excluding carboxylic acids is 1. The van der Waals surface area contributed by atoms with Crippen LogP contribution < -0.4 is 15.5 Å². The zero-order valence-corrected chi connectivity index (χ0v) is 32.4. The summed E-state index contributed by atoms with van der Waals surface area (Å²) in [4.78, 5) is 24.6. The monoisotopic (exact) mass is 896 g/mol. The number of hydrogen-bond donors (Lipinski definition) is 5. The molecule has 0 saturated carbocycles. The zero-order valence-electron chi connectivity index (χ0n) is 26.9. The molecule has 1 unspecified atom stereocenters. The van der Waals surface area contributed by atoms with Crippen molar-refractivity contribution < 1.29 is 35.8 Å². The molecule has 1 amide bonds. The SMILES string of the molecule is CCN(c1ccccc1)c1nc(Cl)nc(Nc2cc(S(=O)(=O)O)cc3cc(S(=O)(=O)O)c(N=Nc4cc(NC(=O)C(Br)CBr)ccc4C)c(O)c23)n1. The van der Waals surface area contributed by atoms with Crippen molar-refractivity contribution in [1.29, 1.82) is 0 Å². The molecule has 1 atom stereocenters. The molecule has 0 spiro atoms. The van der Waals surface area contributed by atoms with Crippen molar-refractivity contribution in [1.82, 2.24) is 15.0 Å². The minimum Gasteiger partial charge on any atom is -0.505 e. The number of nitrogens with zero attached hydrogens (tertiary/aromatic N) is 6. The first-order valence-corrected chi connectivity index (χ1v) is 20.1. The Balaban J connectivity index is 1.68. The number of anilines is 5. The Morgan fingerprint density at radius 2 is 1.69 bits per heavy atom. The summed E-state index contributed by atoms with van der Waals surface area (Å²) in [7, 11) is -10.1. The van der Waals surface area contributed by atoms with Gasteiger partial charge in [0.15, 0.2) is 5.75 Å². The van der Waals surface area contributed by atoms with Crippen LogP contribution in [0.15, 0.2) is 86.7 Å². The number of carbonyl (C=O) groups is 1. The van der Waals surface area contributed by atoms with Crippen LogP contribution in [-0.4, -0.2) is 68.6 Å². The van der Waals surface area contributed by atoms with E-state index in [2.05, 4.69) is 67.7 Å². The van der Waals surface area contributed by atoms with Crippen molar-refractivity contribution in [2.45, 2.75) is 28.5 Å². The third kappa shape index (κ3) is 8.82. The zero-order chi connectivity index (χ0) is 38.0. The molecule has 0 saturated heterocycles. The number of phenols is 1. The Bertz CT molecular complexity index is 2440. The fourth-order valence-electron chi connectivity index (χ4n) is 4.87. The lowest BCUT2D eigenvalue weighted by molar-refractivity contribution is -0.115. The number of halogens is 3. The second-order valence-corrected chi connectivity index (χ2v) is 15.7. The van der Waals surface area contributed by atoms with E-state index in [0.717, 1.165) is 23.9 Å². The molecular weight excluding hydrogens is 872 g/mol. The fraction of sp³-hybridized carbons (Fsp3) is 0.161. The summed E-state index contributed by atoms with van der Waals surface area (Å²) in [5, 5.41) is 24.8. The van der Waals surface area contributed by atoms with Gasteiger partial charge < -0.3 is 20.6 Å². The Morgan fingerprint density at radius 1 is 0.981 bits per heavy atom. The van der Waals surface area contributed by atoms with E-state index in [-0.39, 0.29) is 45.2 Å². The maximum Gasteiger partial charge on any atom is 0.296 e. The standard InChI is InChI=1S/C31H27Br2ClN8O8S2/c1-3-42(19-7-5-4-6-8-19)31-38-29(34)37-30(39-31)36-23-14-20(51(45,46)47)11-17-12-24(52(48,49)50)26(27(43)25(17)23)41-40-22-13-18(10-9-16(22)2)35-28(44)21(33)15-32/h4-14,21,43H,3,15H2,1-2H3,(H,35,44)(H,45,46,47)(H,48,49,50)(H,36,37,38,39). The van der Waals surface area contributed by atoms with E-state index in [1.165, 1.54) is 6.07 Å². The van der Waals surface area contributed by atoms with Crippen molar-refractivity contribution in [3.05, 3.63) is 77.6 Å². The highest BCUT2D eigenvalue weighted by atomic mass is 79.9. The molecule has 0 aliphatic heterocycles. The lowest BCUT2D eigenvalue weighted by Crippen LogP contribution is -2.23. The van der Waals surface area contributed by atoms with E-state index in [0.29, 0.717) is 23.1 Å². The van der Waals surface area contributed by atoms with Crippen LogP contribution in [0.3, 0.4) is 0 Å². The maximum absolute atomic E-state index is 12.6. The summed E-state index contributed by atoms with van der Waals surface area (Å²) in [5.41, 5.74) is 0.800. The van der Waals surface area contributed by atoms with Crippen molar-refractivity contribution in [2.75, 3.05) is 27.4 Å². The normalized spacial score (nSPS) is 12.6. The number of fused-ring (bicyclic) bond motifs is 1. The molecule has 272 valence electrons. The minimum absolute atomic E-state index is 0.103. The minimum atomic E-state index is -5.14. The predicted molar refractivity (Wildman–Crippen MR) is 203 cm³/mol. The summed E-state index contributed by atoms with van der Waals surface area (Å²) in [6.45, 7) is 3.92. The van der Waals surface area contributed by atoms with Gasteiger partial charge in [-0.3, -0.25) is 13.9 Å². The number of amides is 1. The number of alkyl halides is 2. The van der Waals surface area contributed by atoms with Crippen LogP contribution in [0, 0.1) is 6.92 Å². The van der Waals surface area contributed by atoms with E-state index in [4.69, 9.17) is 11.6 Å². The van der Waals surface area contributed by atoms with Gasteiger partial charge in [-0.1, -0.05) is 56.1 Å². The fourth-order valence-corrected chi connectivity index (χ4v) is 6.64. The van der Waals surface area contributed by atoms with Crippen LogP contribution in [0.1, 0.15) is 12.5 Å². The number of aryl methyl sites for hydroxylation is 1. The molecule has 21 heteroatoms. The van der Waals surface area contributed by atoms with Crippen molar-refractivity contribution in [3.8, 4) is 5.75 Å². The number of aromatic nitrogens is 3. The van der Waals surface area contributed by atoms with Gasteiger partial charge in [-0.25, -0.2) is 0 Å². The molecule has 0 fully saturated rings. The Hall–Kier alpha value is -4.31. The van der Waals surface area contributed by atoms with E-state index in [9.17, 15) is 35.8 Å². The third-order valence-electron chi connectivity index (χ3n) is 7.32. The molecule has 5 N–H and O–H groups in total. The molecule has 4 aromatic carbocycles. The first kappa shape index (κ1) is 38.9. The largest absolute Gasteiger partial charge is 0.505 e. The highest BCUT2D eigenvalue weighted by Gasteiger charge is 2.26. The van der Waals surface area contributed by atoms with Crippen LogP contribution in [0.2, 0.25) is 5.28 Å². The molecule has 0 bridgehead atoms. The summed E-state index contributed by atoms with van der Waals surface area (Å²) < 4.78 is 69.9. The van der Waals surface area contributed by atoms with Crippen LogP contribution in [0.25, 0.3) is 10.8 Å². The van der Waals surface area contributed by atoms with E-state index >= 15 is 0 Å². The Labute approximate surface area is 319 Å².